The molecular formula is C24H14N6. The lowest BCUT2D eigenvalue weighted by molar-refractivity contribution is 1.21. The highest BCUT2D eigenvalue weighted by molar-refractivity contribution is 6.02. The molecule has 0 saturated carbocycles. The molecule has 2 aromatic carbocycles. The SMILES string of the molecule is c1ccc2nc3c(cc2c1)n1ccnc1c1nc2ccccc2cc1n1ccnc31. The van der Waals surface area contributed by atoms with Gasteiger partial charge < -0.3 is 0 Å². The van der Waals surface area contributed by atoms with E-state index in [9.17, 15) is 0 Å². The zero-order valence-electron chi connectivity index (χ0n) is 15.8. The highest BCUT2D eigenvalue weighted by Gasteiger charge is 2.13. The Morgan fingerprint density at radius 2 is 1.03 bits per heavy atom. The van der Waals surface area contributed by atoms with Crippen LogP contribution in [0, 0.1) is 0 Å². The molecule has 0 aliphatic heterocycles. The average molecular weight is 386 g/mol. The maximum Gasteiger partial charge on any atom is 0.165 e. The van der Waals surface area contributed by atoms with E-state index in [1.165, 1.54) is 0 Å². The first kappa shape index (κ1) is 15.6. The molecule has 0 atom stereocenters. The van der Waals surface area contributed by atoms with Gasteiger partial charge in [0.2, 0.25) is 0 Å². The molecule has 6 nitrogen and oxygen atoms in total. The summed E-state index contributed by atoms with van der Waals surface area (Å²) in [5.74, 6) is 0. The number of para-hydroxylation sites is 2. The van der Waals surface area contributed by atoms with Crippen LogP contribution in [-0.2, 0) is 0 Å². The number of aromatic nitrogens is 6. The highest BCUT2D eigenvalue weighted by atomic mass is 15.1. The molecule has 0 aliphatic carbocycles. The van der Waals surface area contributed by atoms with E-state index in [4.69, 9.17) is 9.97 Å². The van der Waals surface area contributed by atoms with E-state index in [1.807, 2.05) is 61.2 Å². The Hall–Kier alpha value is -4.32. The maximum absolute atomic E-state index is 4.99. The lowest BCUT2D eigenvalue weighted by Crippen LogP contribution is -1.97. The Morgan fingerprint density at radius 3 is 1.53 bits per heavy atom. The largest absolute Gasteiger partial charge is 0.296 e. The average Bonchev–Trinajstić information content (AvgIpc) is 3.46. The molecule has 7 rings (SSSR count). The Balaban J connectivity index is 1.87. The molecule has 0 spiro atoms. The van der Waals surface area contributed by atoms with Gasteiger partial charge in [0, 0.05) is 35.6 Å². The predicted octanol–water partition coefficient (Wildman–Crippen LogP) is 4.95. The smallest absolute Gasteiger partial charge is 0.165 e. The summed E-state index contributed by atoms with van der Waals surface area (Å²) in [5.41, 5.74) is 6.95. The summed E-state index contributed by atoms with van der Waals surface area (Å²) >= 11 is 0. The minimum absolute atomic E-state index is 0.786. The maximum atomic E-state index is 4.99. The molecule has 6 heteroatoms. The molecule has 5 heterocycles. The molecule has 0 N–H and O–H groups in total. The van der Waals surface area contributed by atoms with Crippen LogP contribution in [-0.4, -0.2) is 28.7 Å². The Labute approximate surface area is 169 Å². The molecule has 140 valence electrons. The molecule has 0 unspecified atom stereocenters. The van der Waals surface area contributed by atoms with Gasteiger partial charge in [-0.15, -0.1) is 0 Å². The molecule has 0 aliphatic rings. The lowest BCUT2D eigenvalue weighted by atomic mass is 10.2. The van der Waals surface area contributed by atoms with Crippen LogP contribution in [0.1, 0.15) is 0 Å². The second-order valence-corrected chi connectivity index (χ2v) is 7.34. The van der Waals surface area contributed by atoms with Gasteiger partial charge in [-0.25, -0.2) is 19.9 Å². The van der Waals surface area contributed by atoms with Crippen LogP contribution in [0.15, 0.2) is 85.5 Å². The van der Waals surface area contributed by atoms with Crippen molar-refractivity contribution in [3.8, 4) is 0 Å². The second kappa shape index (κ2) is 5.61. The molecule has 0 fully saturated rings. The molecule has 5 aromatic heterocycles. The number of rotatable bonds is 0. The molecule has 0 saturated heterocycles. The fourth-order valence-corrected chi connectivity index (χ4v) is 4.25. The number of nitrogens with zero attached hydrogens (tertiary/aromatic N) is 6. The van der Waals surface area contributed by atoms with Crippen molar-refractivity contribution < 1.29 is 0 Å². The van der Waals surface area contributed by atoms with Crippen LogP contribution in [0.2, 0.25) is 0 Å². The second-order valence-electron chi connectivity index (χ2n) is 7.34. The zero-order chi connectivity index (χ0) is 19.7. The van der Waals surface area contributed by atoms with Gasteiger partial charge in [-0.05, 0) is 24.3 Å². The fourth-order valence-electron chi connectivity index (χ4n) is 4.25. The standard InChI is InChI=1S/C24H14N6/c1-3-7-17-15(5-1)13-19-21(27-17)23-25-10-12-30(23)20-14-16-6-2-4-8-18(16)28-22(20)24-26-9-11-29(19)24/h1-14H. The van der Waals surface area contributed by atoms with E-state index in [0.29, 0.717) is 0 Å². The van der Waals surface area contributed by atoms with Crippen molar-refractivity contribution in [2.75, 3.05) is 0 Å². The van der Waals surface area contributed by atoms with Gasteiger partial charge in [-0.3, -0.25) is 8.80 Å². The van der Waals surface area contributed by atoms with Crippen molar-refractivity contribution in [3.05, 3.63) is 85.5 Å². The molecule has 30 heavy (non-hydrogen) atoms. The summed E-state index contributed by atoms with van der Waals surface area (Å²) in [4.78, 5) is 19.3. The van der Waals surface area contributed by atoms with E-state index in [1.54, 1.807) is 0 Å². The molecule has 7 aromatic rings. The first-order chi connectivity index (χ1) is 14.9. The summed E-state index contributed by atoms with van der Waals surface area (Å²) < 4.78 is 4.13. The number of pyridine rings is 2. The number of benzene rings is 2. The summed E-state index contributed by atoms with van der Waals surface area (Å²) in [6.45, 7) is 0. The minimum Gasteiger partial charge on any atom is -0.296 e. The van der Waals surface area contributed by atoms with E-state index >= 15 is 0 Å². The van der Waals surface area contributed by atoms with Crippen molar-refractivity contribution in [3.63, 3.8) is 0 Å². The van der Waals surface area contributed by atoms with E-state index in [0.717, 1.165) is 55.2 Å². The summed E-state index contributed by atoms with van der Waals surface area (Å²) in [7, 11) is 0. The van der Waals surface area contributed by atoms with Gasteiger partial charge in [0.05, 0.1) is 22.1 Å². The minimum atomic E-state index is 0.786. The van der Waals surface area contributed by atoms with Crippen LogP contribution in [0.25, 0.3) is 55.2 Å². The van der Waals surface area contributed by atoms with Crippen molar-refractivity contribution in [2.45, 2.75) is 0 Å². The van der Waals surface area contributed by atoms with Gasteiger partial charge in [0.25, 0.3) is 0 Å². The molecule has 0 amide bonds. The van der Waals surface area contributed by atoms with Crippen LogP contribution < -0.4 is 0 Å². The Bertz CT molecular complexity index is 1550. The van der Waals surface area contributed by atoms with E-state index in [2.05, 4.69) is 43.0 Å². The van der Waals surface area contributed by atoms with Crippen molar-refractivity contribution in [1.82, 2.24) is 28.7 Å². The predicted molar refractivity (Wildman–Crippen MR) is 118 cm³/mol. The first-order valence-corrected chi connectivity index (χ1v) is 9.74. The van der Waals surface area contributed by atoms with Gasteiger partial charge >= 0.3 is 0 Å². The lowest BCUT2D eigenvalue weighted by Gasteiger charge is -2.08. The molecular weight excluding hydrogens is 372 g/mol. The normalized spacial score (nSPS) is 12.0. The summed E-state index contributed by atoms with van der Waals surface area (Å²) in [6.07, 6.45) is 7.54. The van der Waals surface area contributed by atoms with E-state index in [-0.39, 0.29) is 0 Å². The molecule has 0 bridgehead atoms. The number of fused-ring (bicyclic) bond motifs is 10. The number of hydrogen-bond acceptors (Lipinski definition) is 4. The molecule has 0 radical (unpaired) electrons. The quantitative estimate of drug-likeness (QED) is 0.370. The third-order valence-corrected chi connectivity index (χ3v) is 5.63. The summed E-state index contributed by atoms with van der Waals surface area (Å²) in [5, 5.41) is 2.14. The van der Waals surface area contributed by atoms with Crippen LogP contribution >= 0.6 is 0 Å². The van der Waals surface area contributed by atoms with Crippen LogP contribution in [0.5, 0.6) is 0 Å². The third-order valence-electron chi connectivity index (χ3n) is 5.63. The van der Waals surface area contributed by atoms with Crippen molar-refractivity contribution in [1.29, 1.82) is 0 Å². The zero-order valence-corrected chi connectivity index (χ0v) is 15.8. The van der Waals surface area contributed by atoms with Crippen molar-refractivity contribution >= 4 is 55.2 Å². The Morgan fingerprint density at radius 1 is 0.567 bits per heavy atom. The third kappa shape index (κ3) is 2.02. The number of imidazole rings is 2. The van der Waals surface area contributed by atoms with Gasteiger partial charge in [-0.1, -0.05) is 36.4 Å². The highest BCUT2D eigenvalue weighted by Crippen LogP contribution is 2.27. The fraction of sp³-hybridized carbons (Fsp3) is 0. The van der Waals surface area contributed by atoms with Gasteiger partial charge in [0.1, 0.15) is 11.0 Å². The van der Waals surface area contributed by atoms with Crippen molar-refractivity contribution in [2.24, 2.45) is 0 Å². The van der Waals surface area contributed by atoms with Crippen LogP contribution in [0.3, 0.4) is 0 Å². The Kier molecular flexibility index (Phi) is 2.91. The first-order valence-electron chi connectivity index (χ1n) is 9.74. The number of hydrogen-bond donors (Lipinski definition) is 0. The summed E-state index contributed by atoms with van der Waals surface area (Å²) in [6, 6.07) is 20.6. The monoisotopic (exact) mass is 386 g/mol. The topological polar surface area (TPSA) is 60.4 Å². The van der Waals surface area contributed by atoms with Gasteiger partial charge in [-0.2, -0.15) is 0 Å². The van der Waals surface area contributed by atoms with E-state index < -0.39 is 0 Å². The van der Waals surface area contributed by atoms with Gasteiger partial charge in [0.15, 0.2) is 11.3 Å². The van der Waals surface area contributed by atoms with Crippen LogP contribution in [0.4, 0.5) is 0 Å².